The zero-order valence-corrected chi connectivity index (χ0v) is 10.5. The van der Waals surface area contributed by atoms with Gasteiger partial charge >= 0.3 is 0 Å². The van der Waals surface area contributed by atoms with Crippen molar-refractivity contribution in [2.75, 3.05) is 6.54 Å². The maximum absolute atomic E-state index is 5.94. The fraction of sp³-hybridized carbons (Fsp3) is 0.600. The summed E-state index contributed by atoms with van der Waals surface area (Å²) in [5.74, 6) is 0. The van der Waals surface area contributed by atoms with Gasteiger partial charge in [0.15, 0.2) is 0 Å². The van der Waals surface area contributed by atoms with Gasteiger partial charge in [0.25, 0.3) is 0 Å². The van der Waals surface area contributed by atoms with Gasteiger partial charge < -0.3 is 10.1 Å². The van der Waals surface area contributed by atoms with E-state index in [9.17, 15) is 0 Å². The third kappa shape index (κ3) is 2.38. The quantitative estimate of drug-likeness (QED) is 0.845. The first-order valence-corrected chi connectivity index (χ1v) is 6.79. The van der Waals surface area contributed by atoms with Gasteiger partial charge in [0.2, 0.25) is 0 Å². The zero-order chi connectivity index (χ0) is 11.7. The van der Waals surface area contributed by atoms with Crippen LogP contribution in [0.1, 0.15) is 43.4 Å². The van der Waals surface area contributed by atoms with Crippen molar-refractivity contribution in [3.8, 4) is 0 Å². The molecular weight excluding hydrogens is 210 g/mol. The van der Waals surface area contributed by atoms with E-state index in [1.54, 1.807) is 0 Å². The summed E-state index contributed by atoms with van der Waals surface area (Å²) < 4.78 is 5.94. The molecule has 0 bridgehead atoms. The topological polar surface area (TPSA) is 21.3 Å². The largest absolute Gasteiger partial charge is 0.375 e. The first-order valence-electron chi connectivity index (χ1n) is 6.79. The second kappa shape index (κ2) is 4.79. The third-order valence-corrected chi connectivity index (χ3v) is 4.03. The third-order valence-electron chi connectivity index (χ3n) is 4.03. The van der Waals surface area contributed by atoms with Crippen LogP contribution < -0.4 is 5.32 Å². The van der Waals surface area contributed by atoms with Gasteiger partial charge in [0, 0.05) is 6.04 Å². The molecule has 0 saturated carbocycles. The van der Waals surface area contributed by atoms with Gasteiger partial charge in [-0.3, -0.25) is 0 Å². The summed E-state index contributed by atoms with van der Waals surface area (Å²) in [7, 11) is 0. The molecule has 1 fully saturated rings. The second-order valence-electron chi connectivity index (χ2n) is 5.34. The van der Waals surface area contributed by atoms with Gasteiger partial charge in [0.05, 0.1) is 12.2 Å². The molecule has 0 aromatic heterocycles. The summed E-state index contributed by atoms with van der Waals surface area (Å²) in [5.41, 5.74) is 3.00. The lowest BCUT2D eigenvalue weighted by Crippen LogP contribution is -2.32. The van der Waals surface area contributed by atoms with Crippen LogP contribution in [-0.2, 0) is 11.2 Å². The average molecular weight is 231 g/mol. The van der Waals surface area contributed by atoms with Gasteiger partial charge in [-0.25, -0.2) is 0 Å². The molecule has 1 N–H and O–H groups in total. The lowest BCUT2D eigenvalue weighted by molar-refractivity contribution is 0.0441. The predicted molar refractivity (Wildman–Crippen MR) is 69.1 cm³/mol. The van der Waals surface area contributed by atoms with Crippen LogP contribution >= 0.6 is 0 Å². The Morgan fingerprint density at radius 2 is 2.18 bits per heavy atom. The highest BCUT2D eigenvalue weighted by atomic mass is 16.5. The van der Waals surface area contributed by atoms with Crippen molar-refractivity contribution in [2.24, 2.45) is 0 Å². The molecule has 0 amide bonds. The molecule has 3 atom stereocenters. The molecule has 92 valence electrons. The maximum Gasteiger partial charge on any atom is 0.0597 e. The molecule has 1 aromatic rings. The van der Waals surface area contributed by atoms with Crippen LogP contribution in [0.15, 0.2) is 24.3 Å². The first-order chi connectivity index (χ1) is 8.33. The number of nitrogens with one attached hydrogen (secondary N) is 1. The highest BCUT2D eigenvalue weighted by Crippen LogP contribution is 2.31. The van der Waals surface area contributed by atoms with E-state index in [-0.39, 0.29) is 0 Å². The van der Waals surface area contributed by atoms with E-state index < -0.39 is 0 Å². The van der Waals surface area contributed by atoms with Gasteiger partial charge in [-0.15, -0.1) is 0 Å². The van der Waals surface area contributed by atoms with Crippen molar-refractivity contribution in [2.45, 2.75) is 50.9 Å². The molecular formula is C15H21NO. The summed E-state index contributed by atoms with van der Waals surface area (Å²) in [5, 5.41) is 3.64. The van der Waals surface area contributed by atoms with E-state index in [0.717, 1.165) is 19.4 Å². The van der Waals surface area contributed by atoms with Gasteiger partial charge in [0.1, 0.15) is 0 Å². The van der Waals surface area contributed by atoms with Crippen molar-refractivity contribution >= 4 is 0 Å². The number of hydrogen-bond acceptors (Lipinski definition) is 2. The normalized spacial score (nSPS) is 32.4. The molecule has 17 heavy (non-hydrogen) atoms. The van der Waals surface area contributed by atoms with Crippen molar-refractivity contribution in [1.82, 2.24) is 5.32 Å². The molecule has 2 nitrogen and oxygen atoms in total. The summed E-state index contributed by atoms with van der Waals surface area (Å²) in [6, 6.07) is 9.33. The standard InChI is InChI=1S/C15H21NO/c1-11-6-7-13(17-11)10-15-14-5-3-2-4-12(14)8-9-16-15/h2-5,11,13,15-16H,6-10H2,1H3. The van der Waals surface area contributed by atoms with E-state index in [1.807, 2.05) is 0 Å². The molecule has 1 aromatic carbocycles. The van der Waals surface area contributed by atoms with Crippen LogP contribution in [0.25, 0.3) is 0 Å². The van der Waals surface area contributed by atoms with Gasteiger partial charge in [-0.05, 0) is 50.3 Å². The van der Waals surface area contributed by atoms with Crippen LogP contribution in [0.4, 0.5) is 0 Å². The Hall–Kier alpha value is -0.860. The van der Waals surface area contributed by atoms with Crippen LogP contribution in [0, 0.1) is 0 Å². The number of rotatable bonds is 2. The Balaban J connectivity index is 1.72. The molecule has 2 heteroatoms. The van der Waals surface area contributed by atoms with E-state index in [0.29, 0.717) is 18.2 Å². The van der Waals surface area contributed by atoms with Crippen LogP contribution in [0.2, 0.25) is 0 Å². The Labute approximate surface area is 103 Å². The highest BCUT2D eigenvalue weighted by Gasteiger charge is 2.27. The smallest absolute Gasteiger partial charge is 0.0597 e. The SMILES string of the molecule is CC1CCC(CC2NCCc3ccccc32)O1. The van der Waals surface area contributed by atoms with E-state index in [1.165, 1.54) is 24.0 Å². The second-order valence-corrected chi connectivity index (χ2v) is 5.34. The number of ether oxygens (including phenoxy) is 1. The molecule has 3 rings (SSSR count). The minimum absolute atomic E-state index is 0.452. The molecule has 2 aliphatic heterocycles. The molecule has 2 aliphatic rings. The lowest BCUT2D eigenvalue weighted by atomic mass is 9.90. The fourth-order valence-electron chi connectivity index (χ4n) is 3.12. The van der Waals surface area contributed by atoms with E-state index in [2.05, 4.69) is 36.5 Å². The summed E-state index contributed by atoms with van der Waals surface area (Å²) in [6.45, 7) is 3.28. The number of hydrogen-bond donors (Lipinski definition) is 1. The fourth-order valence-corrected chi connectivity index (χ4v) is 3.12. The number of benzene rings is 1. The summed E-state index contributed by atoms with van der Waals surface area (Å²) in [6.07, 6.45) is 5.64. The number of fused-ring (bicyclic) bond motifs is 1. The Morgan fingerprint density at radius 1 is 1.29 bits per heavy atom. The van der Waals surface area contributed by atoms with E-state index in [4.69, 9.17) is 4.74 Å². The Morgan fingerprint density at radius 3 is 3.00 bits per heavy atom. The Kier molecular flexibility index (Phi) is 3.17. The van der Waals surface area contributed by atoms with Crippen LogP contribution in [0.5, 0.6) is 0 Å². The molecule has 2 heterocycles. The van der Waals surface area contributed by atoms with Crippen LogP contribution in [0.3, 0.4) is 0 Å². The average Bonchev–Trinajstić information content (AvgIpc) is 2.75. The monoisotopic (exact) mass is 231 g/mol. The molecule has 1 saturated heterocycles. The van der Waals surface area contributed by atoms with E-state index >= 15 is 0 Å². The summed E-state index contributed by atoms with van der Waals surface area (Å²) in [4.78, 5) is 0. The molecule has 0 spiro atoms. The van der Waals surface area contributed by atoms with Crippen LogP contribution in [-0.4, -0.2) is 18.8 Å². The van der Waals surface area contributed by atoms with Crippen molar-refractivity contribution in [1.29, 1.82) is 0 Å². The zero-order valence-electron chi connectivity index (χ0n) is 10.5. The molecule has 3 unspecified atom stereocenters. The first kappa shape index (κ1) is 11.2. The summed E-state index contributed by atoms with van der Waals surface area (Å²) >= 11 is 0. The van der Waals surface area contributed by atoms with Gasteiger partial charge in [-0.1, -0.05) is 24.3 Å². The maximum atomic E-state index is 5.94. The predicted octanol–water partition coefficient (Wildman–Crippen LogP) is 2.83. The highest BCUT2D eigenvalue weighted by molar-refractivity contribution is 5.32. The molecule has 0 radical (unpaired) electrons. The van der Waals surface area contributed by atoms with Gasteiger partial charge in [-0.2, -0.15) is 0 Å². The van der Waals surface area contributed by atoms with Crippen molar-refractivity contribution in [3.63, 3.8) is 0 Å². The Bertz CT molecular complexity index is 390. The minimum atomic E-state index is 0.452. The minimum Gasteiger partial charge on any atom is -0.375 e. The van der Waals surface area contributed by atoms with Crippen molar-refractivity contribution in [3.05, 3.63) is 35.4 Å². The lowest BCUT2D eigenvalue weighted by Gasteiger charge is -2.28. The molecule has 0 aliphatic carbocycles. The van der Waals surface area contributed by atoms with Crippen molar-refractivity contribution < 1.29 is 4.74 Å².